The van der Waals surface area contributed by atoms with Crippen LogP contribution in [0.15, 0.2) is 30.5 Å². The maximum Gasteiger partial charge on any atom is 0.283 e. The van der Waals surface area contributed by atoms with Gasteiger partial charge in [-0.15, -0.1) is 0 Å². The zero-order chi connectivity index (χ0) is 14.9. The molecular formula is C14H14N2O4. The summed E-state index contributed by atoms with van der Waals surface area (Å²) in [6.45, 7) is 2.53. The predicted octanol–water partition coefficient (Wildman–Crippen LogP) is 1.33. The number of ether oxygens (including phenoxy) is 1. The standard InChI is InChI=1S/C14H14N2O4/c1-9(17)15-13-7-5-4-6-11(13)12(8-20-3)14(19)16(15)10(2)18/h4-8H,1-3H3. The Kier molecular flexibility index (Phi) is 3.56. The van der Waals surface area contributed by atoms with Crippen LogP contribution in [0.3, 0.4) is 0 Å². The van der Waals surface area contributed by atoms with Crippen molar-refractivity contribution in [2.75, 3.05) is 12.1 Å². The Morgan fingerprint density at radius 3 is 2.25 bits per heavy atom. The summed E-state index contributed by atoms with van der Waals surface area (Å²) in [5.74, 6) is -1.55. The lowest BCUT2D eigenvalue weighted by Gasteiger charge is -2.37. The second-order valence-electron chi connectivity index (χ2n) is 4.25. The van der Waals surface area contributed by atoms with Crippen LogP contribution < -0.4 is 5.01 Å². The molecule has 6 nitrogen and oxygen atoms in total. The summed E-state index contributed by atoms with van der Waals surface area (Å²) < 4.78 is 4.91. The highest BCUT2D eigenvalue weighted by Gasteiger charge is 2.38. The van der Waals surface area contributed by atoms with Crippen LogP contribution >= 0.6 is 0 Å². The predicted molar refractivity (Wildman–Crippen MR) is 72.1 cm³/mol. The smallest absolute Gasteiger partial charge is 0.283 e. The van der Waals surface area contributed by atoms with E-state index in [2.05, 4.69) is 0 Å². The van der Waals surface area contributed by atoms with Crippen molar-refractivity contribution < 1.29 is 19.1 Å². The normalized spacial score (nSPS) is 16.1. The fraction of sp³-hybridized carbons (Fsp3) is 0.214. The van der Waals surface area contributed by atoms with Crippen LogP contribution in [0.4, 0.5) is 5.69 Å². The van der Waals surface area contributed by atoms with Gasteiger partial charge in [0.05, 0.1) is 24.6 Å². The highest BCUT2D eigenvalue weighted by Crippen LogP contribution is 2.35. The number of rotatable bonds is 1. The molecule has 104 valence electrons. The van der Waals surface area contributed by atoms with Gasteiger partial charge in [0.1, 0.15) is 0 Å². The summed E-state index contributed by atoms with van der Waals surface area (Å²) in [5, 5.41) is 1.89. The van der Waals surface area contributed by atoms with E-state index in [1.807, 2.05) is 0 Å². The van der Waals surface area contributed by atoms with Gasteiger partial charge in [0.2, 0.25) is 11.8 Å². The maximum absolute atomic E-state index is 12.4. The lowest BCUT2D eigenvalue weighted by molar-refractivity contribution is -0.144. The summed E-state index contributed by atoms with van der Waals surface area (Å²) >= 11 is 0. The van der Waals surface area contributed by atoms with Gasteiger partial charge in [-0.2, -0.15) is 5.01 Å². The second-order valence-corrected chi connectivity index (χ2v) is 4.25. The van der Waals surface area contributed by atoms with Crippen LogP contribution in [0.5, 0.6) is 0 Å². The van der Waals surface area contributed by atoms with Crippen LogP contribution in [0.2, 0.25) is 0 Å². The molecule has 0 aromatic heterocycles. The number of para-hydroxylation sites is 1. The average molecular weight is 274 g/mol. The van der Waals surface area contributed by atoms with E-state index in [1.54, 1.807) is 24.3 Å². The molecule has 6 heteroatoms. The number of fused-ring (bicyclic) bond motifs is 1. The Balaban J connectivity index is 2.73. The maximum atomic E-state index is 12.4. The van der Waals surface area contributed by atoms with Gasteiger partial charge >= 0.3 is 0 Å². The third-order valence-corrected chi connectivity index (χ3v) is 2.88. The zero-order valence-electron chi connectivity index (χ0n) is 11.4. The Hall–Kier alpha value is -2.63. The van der Waals surface area contributed by atoms with Gasteiger partial charge in [-0.3, -0.25) is 14.4 Å². The molecule has 2 rings (SSSR count). The van der Waals surface area contributed by atoms with Crippen molar-refractivity contribution in [3.63, 3.8) is 0 Å². The first-order valence-corrected chi connectivity index (χ1v) is 5.97. The molecule has 0 atom stereocenters. The summed E-state index contributed by atoms with van der Waals surface area (Å²) in [7, 11) is 1.42. The van der Waals surface area contributed by atoms with Gasteiger partial charge in [-0.05, 0) is 6.07 Å². The third kappa shape index (κ3) is 2.05. The van der Waals surface area contributed by atoms with E-state index in [1.165, 1.54) is 27.2 Å². The molecule has 1 heterocycles. The fourth-order valence-electron chi connectivity index (χ4n) is 2.14. The number of anilines is 1. The van der Waals surface area contributed by atoms with E-state index in [4.69, 9.17) is 4.74 Å². The summed E-state index contributed by atoms with van der Waals surface area (Å²) in [6.07, 6.45) is 1.27. The molecule has 0 N–H and O–H groups in total. The number of amides is 3. The van der Waals surface area contributed by atoms with Crippen molar-refractivity contribution in [3.8, 4) is 0 Å². The molecule has 0 aliphatic carbocycles. The number of hydrogen-bond donors (Lipinski definition) is 0. The van der Waals surface area contributed by atoms with E-state index in [9.17, 15) is 14.4 Å². The minimum absolute atomic E-state index is 0.232. The van der Waals surface area contributed by atoms with Crippen LogP contribution in [-0.2, 0) is 19.1 Å². The first-order chi connectivity index (χ1) is 9.49. The first kappa shape index (κ1) is 13.8. The lowest BCUT2D eigenvalue weighted by Crippen LogP contribution is -2.54. The van der Waals surface area contributed by atoms with E-state index in [-0.39, 0.29) is 5.57 Å². The average Bonchev–Trinajstić information content (AvgIpc) is 2.40. The summed E-state index contributed by atoms with van der Waals surface area (Å²) in [4.78, 5) is 35.9. The molecule has 20 heavy (non-hydrogen) atoms. The topological polar surface area (TPSA) is 66.9 Å². The second kappa shape index (κ2) is 5.16. The number of nitrogens with zero attached hydrogens (tertiary/aromatic N) is 2. The molecule has 1 aliphatic heterocycles. The molecule has 0 bridgehead atoms. The SMILES string of the molecule is COC=C1C(=O)N(C(C)=O)N(C(C)=O)c2ccccc21. The van der Waals surface area contributed by atoms with E-state index < -0.39 is 17.7 Å². The van der Waals surface area contributed by atoms with Crippen molar-refractivity contribution in [1.29, 1.82) is 0 Å². The molecule has 3 amide bonds. The van der Waals surface area contributed by atoms with Gasteiger partial charge in [0.25, 0.3) is 5.91 Å². The van der Waals surface area contributed by atoms with E-state index in [0.29, 0.717) is 11.3 Å². The lowest BCUT2D eigenvalue weighted by atomic mass is 10.0. The summed E-state index contributed by atoms with van der Waals surface area (Å²) in [6, 6.07) is 6.85. The Labute approximate surface area is 116 Å². The molecule has 0 unspecified atom stereocenters. The van der Waals surface area contributed by atoms with Gasteiger partial charge in [-0.25, -0.2) is 5.01 Å². The number of imide groups is 1. The van der Waals surface area contributed by atoms with E-state index in [0.717, 1.165) is 10.0 Å². The molecular weight excluding hydrogens is 260 g/mol. The highest BCUT2D eigenvalue weighted by atomic mass is 16.5. The van der Waals surface area contributed by atoms with Crippen LogP contribution in [0.1, 0.15) is 19.4 Å². The zero-order valence-corrected chi connectivity index (χ0v) is 11.4. The summed E-state index contributed by atoms with van der Waals surface area (Å²) in [5.41, 5.74) is 1.25. The van der Waals surface area contributed by atoms with Crippen molar-refractivity contribution in [2.45, 2.75) is 13.8 Å². The van der Waals surface area contributed by atoms with Crippen LogP contribution in [-0.4, -0.2) is 29.8 Å². The molecule has 0 saturated carbocycles. The largest absolute Gasteiger partial charge is 0.504 e. The Bertz CT molecular complexity index is 621. The van der Waals surface area contributed by atoms with Crippen LogP contribution in [0, 0.1) is 0 Å². The minimum atomic E-state index is -0.590. The molecule has 1 aliphatic rings. The van der Waals surface area contributed by atoms with E-state index >= 15 is 0 Å². The van der Waals surface area contributed by atoms with Crippen LogP contribution in [0.25, 0.3) is 5.57 Å². The highest BCUT2D eigenvalue weighted by molar-refractivity contribution is 6.28. The molecule has 1 aromatic rings. The number of carbonyl (C=O) groups is 3. The Morgan fingerprint density at radius 1 is 1.10 bits per heavy atom. The van der Waals surface area contributed by atoms with Gasteiger partial charge < -0.3 is 4.74 Å². The molecule has 0 saturated heterocycles. The number of carbonyl (C=O) groups excluding carboxylic acids is 3. The van der Waals surface area contributed by atoms with Crippen molar-refractivity contribution in [3.05, 3.63) is 36.1 Å². The van der Waals surface area contributed by atoms with Crippen molar-refractivity contribution in [2.24, 2.45) is 0 Å². The molecule has 0 spiro atoms. The van der Waals surface area contributed by atoms with Gasteiger partial charge in [0, 0.05) is 19.4 Å². The molecule has 0 radical (unpaired) electrons. The molecule has 0 fully saturated rings. The fourth-order valence-corrected chi connectivity index (χ4v) is 2.14. The van der Waals surface area contributed by atoms with Gasteiger partial charge in [-0.1, -0.05) is 18.2 Å². The van der Waals surface area contributed by atoms with Crippen molar-refractivity contribution in [1.82, 2.24) is 5.01 Å². The number of hydrazine groups is 1. The van der Waals surface area contributed by atoms with Gasteiger partial charge in [0.15, 0.2) is 0 Å². The molecule has 1 aromatic carbocycles. The monoisotopic (exact) mass is 274 g/mol. The first-order valence-electron chi connectivity index (χ1n) is 5.97. The number of benzene rings is 1. The number of methoxy groups -OCH3 is 1. The quantitative estimate of drug-likeness (QED) is 0.572. The third-order valence-electron chi connectivity index (χ3n) is 2.88. The van der Waals surface area contributed by atoms with Crippen molar-refractivity contribution >= 4 is 29.0 Å². The minimum Gasteiger partial charge on any atom is -0.504 e. The number of hydrogen-bond acceptors (Lipinski definition) is 4. The Morgan fingerprint density at radius 2 is 1.70 bits per heavy atom.